The summed E-state index contributed by atoms with van der Waals surface area (Å²) in [4.78, 5) is 14.3. The largest absolute Gasteiger partial charge is 0.379 e. The number of rotatable bonds is 7. The Labute approximate surface area is 130 Å². The molecule has 1 aromatic heterocycles. The van der Waals surface area contributed by atoms with Crippen LogP contribution in [0, 0.1) is 0 Å². The van der Waals surface area contributed by atoms with Gasteiger partial charge in [-0.25, -0.2) is 0 Å². The van der Waals surface area contributed by atoms with Crippen molar-refractivity contribution in [2.75, 3.05) is 40.5 Å². The fourth-order valence-electron chi connectivity index (χ4n) is 2.26. The average Bonchev–Trinajstić information content (AvgIpc) is 2.98. The zero-order chi connectivity index (χ0) is 15.9. The first-order valence-corrected chi connectivity index (χ1v) is 7.70. The van der Waals surface area contributed by atoms with E-state index >= 15 is 0 Å². The van der Waals surface area contributed by atoms with Crippen molar-refractivity contribution >= 4 is 5.91 Å². The molecule has 0 aromatic carbocycles. The number of carbonyl (C=O) groups is 1. The Morgan fingerprint density at radius 3 is 3.05 bits per heavy atom. The van der Waals surface area contributed by atoms with E-state index < -0.39 is 0 Å². The fourth-order valence-corrected chi connectivity index (χ4v) is 2.26. The van der Waals surface area contributed by atoms with E-state index in [0.29, 0.717) is 37.7 Å². The van der Waals surface area contributed by atoms with Crippen LogP contribution in [0.2, 0.25) is 0 Å². The number of ether oxygens (including phenoxy) is 2. The number of nitrogens with one attached hydrogen (secondary N) is 1. The van der Waals surface area contributed by atoms with Gasteiger partial charge in [0.25, 0.3) is 5.91 Å². The van der Waals surface area contributed by atoms with Crippen molar-refractivity contribution in [3.05, 3.63) is 17.5 Å². The van der Waals surface area contributed by atoms with Crippen molar-refractivity contribution in [1.82, 2.24) is 15.4 Å². The van der Waals surface area contributed by atoms with Gasteiger partial charge in [-0.1, -0.05) is 12.1 Å². The molecule has 0 radical (unpaired) electrons. The lowest BCUT2D eigenvalue weighted by molar-refractivity contribution is -0.0691. The first kappa shape index (κ1) is 16.9. The van der Waals surface area contributed by atoms with Gasteiger partial charge in [0.2, 0.25) is 0 Å². The van der Waals surface area contributed by atoms with Crippen LogP contribution in [0.4, 0.5) is 0 Å². The van der Waals surface area contributed by atoms with Gasteiger partial charge < -0.3 is 24.2 Å². The summed E-state index contributed by atoms with van der Waals surface area (Å²) in [7, 11) is 3.99. The van der Waals surface area contributed by atoms with Crippen LogP contribution >= 0.6 is 0 Å². The molecule has 2 atom stereocenters. The van der Waals surface area contributed by atoms with E-state index in [0.717, 1.165) is 13.0 Å². The highest BCUT2D eigenvalue weighted by Gasteiger charge is 2.29. The minimum Gasteiger partial charge on any atom is -0.379 e. The van der Waals surface area contributed by atoms with Gasteiger partial charge in [-0.15, -0.1) is 0 Å². The van der Waals surface area contributed by atoms with Crippen LogP contribution in [0.3, 0.4) is 0 Å². The lowest BCUT2D eigenvalue weighted by Gasteiger charge is -2.32. The van der Waals surface area contributed by atoms with Crippen LogP contribution in [0.5, 0.6) is 0 Å². The van der Waals surface area contributed by atoms with Crippen molar-refractivity contribution in [3.63, 3.8) is 0 Å². The molecular weight excluding hydrogens is 286 g/mol. The lowest BCUT2D eigenvalue weighted by Crippen LogP contribution is -2.50. The van der Waals surface area contributed by atoms with Crippen LogP contribution < -0.4 is 5.32 Å². The molecule has 0 unspecified atom stereocenters. The van der Waals surface area contributed by atoms with Gasteiger partial charge in [0.1, 0.15) is 11.9 Å². The number of hydrogen-bond donors (Lipinski definition) is 1. The second-order valence-electron chi connectivity index (χ2n) is 5.69. The second kappa shape index (κ2) is 8.26. The summed E-state index contributed by atoms with van der Waals surface area (Å²) in [5.41, 5.74) is 0.315. The highest BCUT2D eigenvalue weighted by Crippen LogP contribution is 2.13. The molecule has 0 bridgehead atoms. The molecule has 124 valence electrons. The molecule has 0 aliphatic carbocycles. The number of aryl methyl sites for hydroxylation is 1. The third-order valence-electron chi connectivity index (χ3n) is 3.63. The minimum absolute atomic E-state index is 0.0646. The number of hydrogen-bond acceptors (Lipinski definition) is 6. The van der Waals surface area contributed by atoms with Crippen molar-refractivity contribution in [2.45, 2.75) is 31.9 Å². The molecule has 1 amide bonds. The smallest absolute Gasteiger partial charge is 0.273 e. The number of amides is 1. The topological polar surface area (TPSA) is 76.8 Å². The number of nitrogens with zero attached hydrogens (tertiary/aromatic N) is 2. The summed E-state index contributed by atoms with van der Waals surface area (Å²) < 4.78 is 16.4. The van der Waals surface area contributed by atoms with Gasteiger partial charge in [0.15, 0.2) is 5.69 Å². The van der Waals surface area contributed by atoms with Gasteiger partial charge in [0.05, 0.1) is 19.3 Å². The molecular formula is C15H25N3O4. The summed E-state index contributed by atoms with van der Waals surface area (Å²) >= 11 is 0. The Morgan fingerprint density at radius 1 is 1.55 bits per heavy atom. The van der Waals surface area contributed by atoms with Crippen molar-refractivity contribution in [2.24, 2.45) is 0 Å². The zero-order valence-electron chi connectivity index (χ0n) is 13.5. The monoisotopic (exact) mass is 311 g/mol. The summed E-state index contributed by atoms with van der Waals surface area (Å²) in [6.07, 6.45) is 1.32. The molecule has 2 rings (SSSR count). The lowest BCUT2D eigenvalue weighted by atomic mass is 10.1. The second-order valence-corrected chi connectivity index (χ2v) is 5.69. The Hall–Kier alpha value is -1.44. The number of carbonyl (C=O) groups excluding carboxylic acids is 1. The third-order valence-corrected chi connectivity index (χ3v) is 3.63. The Balaban J connectivity index is 1.88. The first-order valence-electron chi connectivity index (χ1n) is 7.70. The Bertz CT molecular complexity index is 475. The molecule has 1 fully saturated rings. The molecule has 0 saturated carbocycles. The molecule has 22 heavy (non-hydrogen) atoms. The van der Waals surface area contributed by atoms with E-state index in [1.54, 1.807) is 6.07 Å². The summed E-state index contributed by atoms with van der Waals surface area (Å²) in [5.74, 6) is 0.479. The standard InChI is InChI=1S/C15H25N3O4/c1-4-11-9-13(17-22-11)15(19)16-12-5-7-20-10-14(12)21-8-6-18(2)3/h9,12,14H,4-8,10H2,1-3H3,(H,16,19)/t12-,14-/m1/s1. The van der Waals surface area contributed by atoms with Crippen LogP contribution in [-0.4, -0.2) is 68.6 Å². The highest BCUT2D eigenvalue weighted by atomic mass is 16.5. The SMILES string of the molecule is CCc1cc(C(=O)N[C@@H]2CCOC[C@H]2OCCN(C)C)no1. The van der Waals surface area contributed by atoms with Crippen LogP contribution in [-0.2, 0) is 15.9 Å². The Kier molecular flexibility index (Phi) is 6.35. The van der Waals surface area contributed by atoms with Gasteiger partial charge in [-0.05, 0) is 20.5 Å². The maximum Gasteiger partial charge on any atom is 0.273 e. The van der Waals surface area contributed by atoms with Crippen LogP contribution in [0.1, 0.15) is 29.6 Å². The van der Waals surface area contributed by atoms with Gasteiger partial charge in [-0.2, -0.15) is 0 Å². The zero-order valence-corrected chi connectivity index (χ0v) is 13.5. The molecule has 1 saturated heterocycles. The molecule has 7 nitrogen and oxygen atoms in total. The summed E-state index contributed by atoms with van der Waals surface area (Å²) in [6.45, 7) is 4.52. The summed E-state index contributed by atoms with van der Waals surface area (Å²) in [6, 6.07) is 1.61. The van der Waals surface area contributed by atoms with E-state index in [-0.39, 0.29) is 18.1 Å². The minimum atomic E-state index is -0.225. The van der Waals surface area contributed by atoms with Crippen molar-refractivity contribution in [3.8, 4) is 0 Å². The average molecular weight is 311 g/mol. The molecule has 1 aliphatic heterocycles. The normalized spacial score (nSPS) is 22.0. The molecule has 0 spiro atoms. The van der Waals surface area contributed by atoms with E-state index in [9.17, 15) is 4.79 Å². The van der Waals surface area contributed by atoms with Crippen molar-refractivity contribution in [1.29, 1.82) is 0 Å². The van der Waals surface area contributed by atoms with Crippen molar-refractivity contribution < 1.29 is 18.8 Å². The van der Waals surface area contributed by atoms with Gasteiger partial charge in [0, 0.05) is 25.6 Å². The van der Waals surface area contributed by atoms with E-state index in [1.165, 1.54) is 0 Å². The van der Waals surface area contributed by atoms with E-state index in [4.69, 9.17) is 14.0 Å². The third kappa shape index (κ3) is 4.79. The van der Waals surface area contributed by atoms with Gasteiger partial charge in [-0.3, -0.25) is 4.79 Å². The number of aromatic nitrogens is 1. The first-order chi connectivity index (χ1) is 10.6. The number of likely N-dealkylation sites (N-methyl/N-ethyl adjacent to an activating group) is 1. The maximum atomic E-state index is 12.2. The molecule has 1 aliphatic rings. The van der Waals surface area contributed by atoms with Crippen LogP contribution in [0.25, 0.3) is 0 Å². The molecule has 2 heterocycles. The molecule has 1 aromatic rings. The van der Waals surface area contributed by atoms with E-state index in [2.05, 4.69) is 15.4 Å². The van der Waals surface area contributed by atoms with E-state index in [1.807, 2.05) is 21.0 Å². The van der Waals surface area contributed by atoms with Crippen LogP contribution in [0.15, 0.2) is 10.6 Å². The summed E-state index contributed by atoms with van der Waals surface area (Å²) in [5, 5.41) is 6.78. The fraction of sp³-hybridized carbons (Fsp3) is 0.733. The maximum absolute atomic E-state index is 12.2. The Morgan fingerprint density at radius 2 is 2.36 bits per heavy atom. The molecule has 7 heteroatoms. The molecule has 1 N–H and O–H groups in total. The quantitative estimate of drug-likeness (QED) is 0.799. The van der Waals surface area contributed by atoms with Gasteiger partial charge >= 0.3 is 0 Å². The predicted molar refractivity (Wildman–Crippen MR) is 80.9 cm³/mol. The highest BCUT2D eigenvalue weighted by molar-refractivity contribution is 5.92. The predicted octanol–water partition coefficient (Wildman–Crippen LogP) is 0.703.